The molecule has 2 aromatic carbocycles. The normalized spacial score (nSPS) is 15.9. The van der Waals surface area contributed by atoms with Crippen LogP contribution in [0.5, 0.6) is 0 Å². The number of carbonyl (C=O) groups excluding carboxylic acids is 1. The van der Waals surface area contributed by atoms with E-state index in [-0.39, 0.29) is 11.8 Å². The van der Waals surface area contributed by atoms with E-state index in [2.05, 4.69) is 44.3 Å². The van der Waals surface area contributed by atoms with E-state index >= 15 is 0 Å². The fourth-order valence-corrected chi connectivity index (χ4v) is 4.23. The average molecular weight is 419 g/mol. The number of thioether (sulfide) groups is 1. The molecule has 2 aromatic rings. The van der Waals surface area contributed by atoms with Crippen molar-refractivity contribution in [2.24, 2.45) is 5.92 Å². The lowest BCUT2D eigenvalue weighted by Crippen LogP contribution is -2.37. The van der Waals surface area contributed by atoms with Gasteiger partial charge in [-0.1, -0.05) is 40.2 Å². The van der Waals surface area contributed by atoms with E-state index in [1.54, 1.807) is 11.8 Å². The van der Waals surface area contributed by atoms with Gasteiger partial charge in [-0.3, -0.25) is 9.69 Å². The van der Waals surface area contributed by atoms with Crippen LogP contribution in [0.4, 0.5) is 5.69 Å². The fourth-order valence-electron chi connectivity index (χ4n) is 3.23. The molecule has 3 rings (SSSR count). The second-order valence-corrected chi connectivity index (χ2v) is 8.13. The van der Waals surface area contributed by atoms with Crippen molar-refractivity contribution in [1.82, 2.24) is 4.90 Å². The van der Waals surface area contributed by atoms with Gasteiger partial charge in [0.15, 0.2) is 0 Å². The van der Waals surface area contributed by atoms with Gasteiger partial charge < -0.3 is 5.32 Å². The lowest BCUT2D eigenvalue weighted by molar-refractivity contribution is -0.121. The van der Waals surface area contributed by atoms with Gasteiger partial charge in [0.2, 0.25) is 5.91 Å². The summed E-state index contributed by atoms with van der Waals surface area (Å²) in [7, 11) is 0. The van der Waals surface area contributed by atoms with Crippen molar-refractivity contribution in [2.45, 2.75) is 24.3 Å². The minimum atomic E-state index is 0.105. The van der Waals surface area contributed by atoms with Crippen LogP contribution < -0.4 is 5.32 Å². The Hall–Kier alpha value is -1.30. The molecule has 0 aromatic heterocycles. The van der Waals surface area contributed by atoms with Crippen LogP contribution in [0.3, 0.4) is 0 Å². The third-order valence-electron chi connectivity index (χ3n) is 4.62. The van der Waals surface area contributed by atoms with Crippen LogP contribution >= 0.6 is 27.7 Å². The van der Waals surface area contributed by atoms with Crippen LogP contribution in [0.15, 0.2) is 57.9 Å². The summed E-state index contributed by atoms with van der Waals surface area (Å²) in [6.07, 6.45) is 3.87. The largest absolute Gasteiger partial charge is 0.325 e. The maximum absolute atomic E-state index is 12.6. The topological polar surface area (TPSA) is 32.3 Å². The van der Waals surface area contributed by atoms with Gasteiger partial charge in [-0.15, -0.1) is 11.8 Å². The number of anilines is 1. The van der Waals surface area contributed by atoms with Crippen LogP contribution in [0.2, 0.25) is 0 Å². The van der Waals surface area contributed by atoms with Gasteiger partial charge in [-0.2, -0.15) is 0 Å². The zero-order valence-corrected chi connectivity index (χ0v) is 16.8. The van der Waals surface area contributed by atoms with Crippen molar-refractivity contribution in [3.8, 4) is 0 Å². The maximum Gasteiger partial charge on any atom is 0.227 e. The third-order valence-corrected chi connectivity index (χ3v) is 5.91. The highest BCUT2D eigenvalue weighted by atomic mass is 79.9. The molecule has 0 aliphatic carbocycles. The SMILES string of the molecule is CSc1ccccc1NC(=O)C1CCN(Cc2cccc(Br)c2)CC1. The number of para-hydroxylation sites is 1. The van der Waals surface area contributed by atoms with Crippen LogP contribution in [0.25, 0.3) is 0 Å². The van der Waals surface area contributed by atoms with E-state index in [1.807, 2.05) is 36.6 Å². The summed E-state index contributed by atoms with van der Waals surface area (Å²) in [5.41, 5.74) is 2.24. The molecule has 132 valence electrons. The van der Waals surface area contributed by atoms with Gasteiger partial charge in [0.25, 0.3) is 0 Å². The molecular weight excluding hydrogens is 396 g/mol. The summed E-state index contributed by atoms with van der Waals surface area (Å²) in [4.78, 5) is 16.1. The highest BCUT2D eigenvalue weighted by Gasteiger charge is 2.25. The van der Waals surface area contributed by atoms with Gasteiger partial charge in [-0.05, 0) is 62.0 Å². The number of benzene rings is 2. The quantitative estimate of drug-likeness (QED) is 0.691. The van der Waals surface area contributed by atoms with E-state index in [4.69, 9.17) is 0 Å². The predicted molar refractivity (Wildman–Crippen MR) is 109 cm³/mol. The molecule has 0 radical (unpaired) electrons. The number of halogens is 1. The molecule has 1 N–H and O–H groups in total. The molecule has 0 atom stereocenters. The van der Waals surface area contributed by atoms with Gasteiger partial charge in [0.1, 0.15) is 0 Å². The molecule has 3 nitrogen and oxygen atoms in total. The molecule has 1 heterocycles. The minimum absolute atomic E-state index is 0.105. The van der Waals surface area contributed by atoms with Crippen molar-refractivity contribution in [3.05, 3.63) is 58.6 Å². The van der Waals surface area contributed by atoms with Gasteiger partial charge in [0, 0.05) is 21.8 Å². The first-order chi connectivity index (χ1) is 12.2. The minimum Gasteiger partial charge on any atom is -0.325 e. The van der Waals surface area contributed by atoms with E-state index in [0.717, 1.165) is 47.5 Å². The molecule has 25 heavy (non-hydrogen) atoms. The Morgan fingerprint density at radius 2 is 1.96 bits per heavy atom. The van der Waals surface area contributed by atoms with Crippen LogP contribution in [-0.4, -0.2) is 30.2 Å². The smallest absolute Gasteiger partial charge is 0.227 e. The number of rotatable bonds is 5. The molecule has 1 amide bonds. The Morgan fingerprint density at radius 3 is 2.68 bits per heavy atom. The molecular formula is C20H23BrN2OS. The summed E-state index contributed by atoms with van der Waals surface area (Å²) < 4.78 is 1.12. The Kier molecular flexibility index (Phi) is 6.57. The fraction of sp³-hybridized carbons (Fsp3) is 0.350. The zero-order valence-electron chi connectivity index (χ0n) is 14.4. The zero-order chi connectivity index (χ0) is 17.6. The monoisotopic (exact) mass is 418 g/mol. The molecule has 0 spiro atoms. The molecule has 1 saturated heterocycles. The van der Waals surface area contributed by atoms with Crippen molar-refractivity contribution >= 4 is 39.3 Å². The first-order valence-electron chi connectivity index (χ1n) is 8.56. The lowest BCUT2D eigenvalue weighted by Gasteiger charge is -2.31. The Bertz CT molecular complexity index is 729. The molecule has 0 saturated carbocycles. The number of piperidine rings is 1. The molecule has 0 unspecified atom stereocenters. The highest BCUT2D eigenvalue weighted by Crippen LogP contribution is 2.27. The second-order valence-electron chi connectivity index (χ2n) is 6.37. The number of carbonyl (C=O) groups is 1. The van der Waals surface area contributed by atoms with Crippen LogP contribution in [0, 0.1) is 5.92 Å². The Morgan fingerprint density at radius 1 is 1.20 bits per heavy atom. The van der Waals surface area contributed by atoms with Crippen LogP contribution in [-0.2, 0) is 11.3 Å². The van der Waals surface area contributed by atoms with Gasteiger partial charge in [-0.25, -0.2) is 0 Å². The number of likely N-dealkylation sites (tertiary alicyclic amines) is 1. The molecule has 1 fully saturated rings. The van der Waals surface area contributed by atoms with E-state index in [1.165, 1.54) is 5.56 Å². The van der Waals surface area contributed by atoms with Gasteiger partial charge >= 0.3 is 0 Å². The van der Waals surface area contributed by atoms with E-state index in [9.17, 15) is 4.79 Å². The van der Waals surface area contributed by atoms with Crippen LogP contribution in [0.1, 0.15) is 18.4 Å². The van der Waals surface area contributed by atoms with E-state index < -0.39 is 0 Å². The molecule has 5 heteroatoms. The van der Waals surface area contributed by atoms with Crippen molar-refractivity contribution < 1.29 is 4.79 Å². The summed E-state index contributed by atoms with van der Waals surface area (Å²) in [6.45, 7) is 2.88. The highest BCUT2D eigenvalue weighted by molar-refractivity contribution is 9.10. The third kappa shape index (κ3) is 5.09. The number of hydrogen-bond acceptors (Lipinski definition) is 3. The van der Waals surface area contributed by atoms with Gasteiger partial charge in [0.05, 0.1) is 5.69 Å². The Balaban J connectivity index is 1.52. The number of amides is 1. The molecule has 1 aliphatic heterocycles. The first-order valence-corrected chi connectivity index (χ1v) is 10.6. The van der Waals surface area contributed by atoms with Crippen molar-refractivity contribution in [2.75, 3.05) is 24.7 Å². The van der Waals surface area contributed by atoms with Crippen molar-refractivity contribution in [1.29, 1.82) is 0 Å². The summed E-state index contributed by atoms with van der Waals surface area (Å²) in [5, 5.41) is 3.12. The average Bonchev–Trinajstić information content (AvgIpc) is 2.63. The number of nitrogens with one attached hydrogen (secondary N) is 1. The standard InChI is InChI=1S/C20H23BrN2OS/c1-25-19-8-3-2-7-18(19)22-20(24)16-9-11-23(12-10-16)14-15-5-4-6-17(21)13-15/h2-8,13,16H,9-12,14H2,1H3,(H,22,24). The summed E-state index contributed by atoms with van der Waals surface area (Å²) in [6, 6.07) is 16.4. The molecule has 1 aliphatic rings. The lowest BCUT2D eigenvalue weighted by atomic mass is 9.95. The van der Waals surface area contributed by atoms with Crippen molar-refractivity contribution in [3.63, 3.8) is 0 Å². The summed E-state index contributed by atoms with van der Waals surface area (Å²) in [5.74, 6) is 0.261. The summed E-state index contributed by atoms with van der Waals surface area (Å²) >= 11 is 5.19. The number of hydrogen-bond donors (Lipinski definition) is 1. The number of nitrogens with zero attached hydrogens (tertiary/aromatic N) is 1. The van der Waals surface area contributed by atoms with E-state index in [0.29, 0.717) is 0 Å². The molecule has 0 bridgehead atoms. The first kappa shape index (κ1) is 18.5. The second kappa shape index (κ2) is 8.88. The maximum atomic E-state index is 12.6. The Labute approximate surface area is 162 Å². The predicted octanol–water partition coefficient (Wildman–Crippen LogP) is 5.02.